The average Bonchev–Trinajstić information content (AvgIpc) is 2.48. The number of rotatable bonds is 5. The van der Waals surface area contributed by atoms with Crippen molar-refractivity contribution in [3.8, 4) is 0 Å². The van der Waals surface area contributed by atoms with Crippen molar-refractivity contribution in [1.29, 1.82) is 0 Å². The van der Waals surface area contributed by atoms with E-state index >= 15 is 0 Å². The summed E-state index contributed by atoms with van der Waals surface area (Å²) < 4.78 is 26.6. The molecule has 0 unspecified atom stereocenters. The number of allylic oxidation sites excluding steroid dienone is 1. The molecule has 0 radical (unpaired) electrons. The Morgan fingerprint density at radius 2 is 1.71 bits per heavy atom. The van der Waals surface area contributed by atoms with Crippen LogP contribution in [0.5, 0.6) is 0 Å². The van der Waals surface area contributed by atoms with Gasteiger partial charge in [0.05, 0.1) is 0 Å². The molecule has 0 aliphatic rings. The van der Waals surface area contributed by atoms with Crippen molar-refractivity contribution >= 4 is 40.9 Å². The van der Waals surface area contributed by atoms with Crippen molar-refractivity contribution in [2.45, 2.75) is 11.8 Å². The third kappa shape index (κ3) is 4.72. The summed E-state index contributed by atoms with van der Waals surface area (Å²) in [7, 11) is -3.44. The van der Waals surface area contributed by atoms with Gasteiger partial charge in [-0.3, -0.25) is 0 Å². The van der Waals surface area contributed by atoms with Crippen molar-refractivity contribution in [2.75, 3.05) is 5.88 Å². The summed E-state index contributed by atoms with van der Waals surface area (Å²) in [5, 5.41) is 1.32. The number of alkyl halides is 1. The van der Waals surface area contributed by atoms with Crippen LogP contribution in [0.25, 0.3) is 0 Å². The molecule has 0 bridgehead atoms. The maximum absolute atomic E-state index is 12.4. The molecule has 5 heteroatoms. The molecular weight excluding hydrogens is 371 g/mol. The van der Waals surface area contributed by atoms with E-state index in [1.807, 2.05) is 37.3 Å². The number of aryl methyl sites for hydroxylation is 1. The van der Waals surface area contributed by atoms with Crippen molar-refractivity contribution in [3.05, 3.63) is 70.0 Å². The van der Waals surface area contributed by atoms with E-state index in [1.54, 1.807) is 24.3 Å². The zero-order chi connectivity index (χ0) is 15.3. The summed E-state index contributed by atoms with van der Waals surface area (Å²) in [6.45, 7) is 1.93. The Balaban J connectivity index is 2.28. The quantitative estimate of drug-likeness (QED) is 0.586. The van der Waals surface area contributed by atoms with Crippen LogP contribution in [0.4, 0.5) is 0 Å². The molecular formula is C16H15ClO2SSe. The second-order valence-corrected chi connectivity index (χ2v) is 9.07. The number of hydrogen-bond donors (Lipinski definition) is 0. The van der Waals surface area contributed by atoms with E-state index < -0.39 is 9.84 Å². The summed E-state index contributed by atoms with van der Waals surface area (Å²) in [5.41, 5.74) is 1.03. The summed E-state index contributed by atoms with van der Waals surface area (Å²) >= 11 is 5.84. The van der Waals surface area contributed by atoms with Gasteiger partial charge in [-0.15, -0.1) is 0 Å². The molecule has 21 heavy (non-hydrogen) atoms. The molecule has 2 rings (SSSR count). The second-order valence-electron chi connectivity index (χ2n) is 4.49. The van der Waals surface area contributed by atoms with Crippen LogP contribution in [0.15, 0.2) is 69.4 Å². The minimum atomic E-state index is -3.44. The fourth-order valence-electron chi connectivity index (χ4n) is 1.69. The molecule has 2 nitrogen and oxygen atoms in total. The van der Waals surface area contributed by atoms with Crippen LogP contribution in [0, 0.1) is 6.92 Å². The summed E-state index contributed by atoms with van der Waals surface area (Å²) in [4.78, 5) is 0.305. The summed E-state index contributed by atoms with van der Waals surface area (Å²) in [6.07, 6.45) is 0. The van der Waals surface area contributed by atoms with Gasteiger partial charge in [0.2, 0.25) is 0 Å². The first-order chi connectivity index (χ1) is 10.0. The van der Waals surface area contributed by atoms with Crippen LogP contribution in [0.1, 0.15) is 5.56 Å². The molecule has 0 heterocycles. The normalized spacial score (nSPS) is 12.4. The van der Waals surface area contributed by atoms with Gasteiger partial charge in [-0.25, -0.2) is 0 Å². The van der Waals surface area contributed by atoms with E-state index in [0.29, 0.717) is 4.90 Å². The third-order valence-corrected chi connectivity index (χ3v) is 7.43. The molecule has 0 saturated heterocycles. The molecule has 0 aliphatic carbocycles. The van der Waals surface area contributed by atoms with Gasteiger partial charge in [-0.1, -0.05) is 0 Å². The third-order valence-electron chi connectivity index (χ3n) is 2.76. The first kappa shape index (κ1) is 16.3. The molecule has 0 atom stereocenters. The van der Waals surface area contributed by atoms with E-state index in [0.717, 1.165) is 14.5 Å². The monoisotopic (exact) mass is 386 g/mol. The van der Waals surface area contributed by atoms with Gasteiger partial charge >= 0.3 is 137 Å². The van der Waals surface area contributed by atoms with Crippen molar-refractivity contribution < 1.29 is 8.42 Å². The van der Waals surface area contributed by atoms with Crippen LogP contribution in [0.3, 0.4) is 0 Å². The fraction of sp³-hybridized carbons (Fsp3) is 0.125. The van der Waals surface area contributed by atoms with E-state index in [2.05, 4.69) is 0 Å². The number of hydrogen-bond acceptors (Lipinski definition) is 2. The molecule has 0 saturated carbocycles. The minimum absolute atomic E-state index is 0.0826. The van der Waals surface area contributed by atoms with Crippen molar-refractivity contribution in [3.63, 3.8) is 0 Å². The number of benzene rings is 2. The SMILES string of the molecule is Cc1ccc(S(=O)(=O)/C=C(\CCl)[Se]c2ccccc2)cc1. The molecule has 2 aromatic rings. The predicted octanol–water partition coefficient (Wildman–Crippen LogP) is 2.88. The van der Waals surface area contributed by atoms with Crippen molar-refractivity contribution in [1.82, 2.24) is 0 Å². The van der Waals surface area contributed by atoms with Crippen LogP contribution >= 0.6 is 11.6 Å². The molecule has 0 spiro atoms. The molecule has 0 N–H and O–H groups in total. The van der Waals surface area contributed by atoms with Gasteiger partial charge in [-0.05, 0) is 0 Å². The maximum atomic E-state index is 12.4. The zero-order valence-corrected chi connectivity index (χ0v) is 14.8. The summed E-state index contributed by atoms with van der Waals surface area (Å²) in [6, 6.07) is 16.6. The Morgan fingerprint density at radius 3 is 2.29 bits per heavy atom. The van der Waals surface area contributed by atoms with Crippen LogP contribution in [-0.2, 0) is 9.84 Å². The topological polar surface area (TPSA) is 34.1 Å². The molecule has 110 valence electrons. The first-order valence-electron chi connectivity index (χ1n) is 6.32. The zero-order valence-electron chi connectivity index (χ0n) is 11.5. The molecule has 0 fully saturated rings. The first-order valence-corrected chi connectivity index (χ1v) is 10.1. The fourth-order valence-corrected chi connectivity index (χ4v) is 5.74. The second kappa shape index (κ2) is 7.28. The molecule has 0 amide bonds. The van der Waals surface area contributed by atoms with Crippen molar-refractivity contribution in [2.24, 2.45) is 0 Å². The van der Waals surface area contributed by atoms with E-state index in [1.165, 1.54) is 5.41 Å². The standard InChI is InChI=1S/C16H15ClO2SSe/c1-13-7-9-14(10-8-13)20(18,19)12-16(11-17)21-15-5-3-2-4-6-15/h2-10,12H,11H2,1H3/b16-12+. The Morgan fingerprint density at radius 1 is 1.10 bits per heavy atom. The van der Waals surface area contributed by atoms with Gasteiger partial charge < -0.3 is 0 Å². The van der Waals surface area contributed by atoms with Gasteiger partial charge in [0.15, 0.2) is 0 Å². The Bertz CT molecular complexity index is 723. The van der Waals surface area contributed by atoms with E-state index in [4.69, 9.17) is 11.6 Å². The summed E-state index contributed by atoms with van der Waals surface area (Å²) in [5.74, 6) is 0.222. The van der Waals surface area contributed by atoms with Crippen LogP contribution in [0.2, 0.25) is 0 Å². The van der Waals surface area contributed by atoms with E-state index in [-0.39, 0.29) is 20.8 Å². The Kier molecular flexibility index (Phi) is 5.65. The van der Waals surface area contributed by atoms with Gasteiger partial charge in [-0.2, -0.15) is 0 Å². The van der Waals surface area contributed by atoms with Gasteiger partial charge in [0.1, 0.15) is 0 Å². The average molecular weight is 386 g/mol. The Hall–Kier alpha value is -1.06. The Labute approximate surface area is 136 Å². The van der Waals surface area contributed by atoms with Gasteiger partial charge in [0.25, 0.3) is 0 Å². The molecule has 2 aromatic carbocycles. The predicted molar refractivity (Wildman–Crippen MR) is 89.0 cm³/mol. The van der Waals surface area contributed by atoms with Gasteiger partial charge in [0, 0.05) is 0 Å². The van der Waals surface area contributed by atoms with Crippen LogP contribution in [-0.4, -0.2) is 29.3 Å². The number of halogens is 1. The van der Waals surface area contributed by atoms with Crippen LogP contribution < -0.4 is 4.46 Å². The number of sulfone groups is 1. The molecule has 0 aromatic heterocycles. The molecule has 0 aliphatic heterocycles. The van der Waals surface area contributed by atoms with E-state index in [9.17, 15) is 8.42 Å².